The summed E-state index contributed by atoms with van der Waals surface area (Å²) >= 11 is 10.7. The van der Waals surface area contributed by atoms with Gasteiger partial charge in [-0.2, -0.15) is 0 Å². The van der Waals surface area contributed by atoms with Crippen LogP contribution in [-0.2, 0) is 4.79 Å². The Kier molecular flexibility index (Phi) is 5.56. The van der Waals surface area contributed by atoms with Crippen LogP contribution in [0.4, 0.5) is 11.4 Å². The van der Waals surface area contributed by atoms with Gasteiger partial charge in [0.1, 0.15) is 0 Å². The van der Waals surface area contributed by atoms with Crippen molar-refractivity contribution in [2.75, 3.05) is 10.7 Å². The third-order valence-corrected chi connectivity index (χ3v) is 8.01. The Bertz CT molecular complexity index is 1180. The summed E-state index contributed by atoms with van der Waals surface area (Å²) in [5, 5.41) is 2.72. The molecule has 1 amide bonds. The maximum Gasteiger partial charge on any atom is 0.242 e. The number of benzene rings is 3. The lowest BCUT2D eigenvalue weighted by Crippen LogP contribution is -2.29. The van der Waals surface area contributed by atoms with E-state index in [9.17, 15) is 4.79 Å². The summed E-state index contributed by atoms with van der Waals surface area (Å²) in [6.45, 7) is 0. The number of thiazole rings is 1. The molecule has 7 heteroatoms. The van der Waals surface area contributed by atoms with Crippen LogP contribution in [0, 0.1) is 0 Å². The molecule has 0 saturated carbocycles. The highest BCUT2D eigenvalue weighted by atomic mass is 35.5. The maximum atomic E-state index is 13.3. The number of fused-ring (bicyclic) bond motifs is 2. The van der Waals surface area contributed by atoms with E-state index in [1.54, 1.807) is 23.1 Å². The topological polar surface area (TPSA) is 33.2 Å². The zero-order valence-corrected chi connectivity index (χ0v) is 18.8. The summed E-state index contributed by atoms with van der Waals surface area (Å²) in [6.07, 6.45) is 0. The summed E-state index contributed by atoms with van der Waals surface area (Å²) in [5.41, 5.74) is 3.79. The van der Waals surface area contributed by atoms with E-state index in [4.69, 9.17) is 11.6 Å². The van der Waals surface area contributed by atoms with Gasteiger partial charge in [-0.1, -0.05) is 71.5 Å². The molecular weight excluding hydrogens is 452 g/mol. The minimum Gasteiger partial charge on any atom is -0.278 e. The van der Waals surface area contributed by atoms with E-state index in [1.807, 2.05) is 70.9 Å². The molecule has 3 aromatic carbocycles. The fourth-order valence-electron chi connectivity index (χ4n) is 3.24. The largest absolute Gasteiger partial charge is 0.278 e. The van der Waals surface area contributed by atoms with Crippen molar-refractivity contribution in [3.05, 3.63) is 83.2 Å². The predicted molar refractivity (Wildman–Crippen MR) is 127 cm³/mol. The smallest absolute Gasteiger partial charge is 0.242 e. The van der Waals surface area contributed by atoms with Gasteiger partial charge in [0.05, 0.1) is 22.8 Å². The van der Waals surface area contributed by atoms with Crippen LogP contribution in [0.15, 0.2) is 92.3 Å². The number of hydrogen-bond acceptors (Lipinski definition) is 5. The van der Waals surface area contributed by atoms with Crippen molar-refractivity contribution in [3.63, 3.8) is 0 Å². The highest BCUT2D eigenvalue weighted by molar-refractivity contribution is 8.01. The van der Waals surface area contributed by atoms with Gasteiger partial charge in [-0.25, -0.2) is 4.98 Å². The first-order chi connectivity index (χ1) is 14.7. The number of nitrogens with zero attached hydrogens (tertiary/aromatic N) is 2. The average Bonchev–Trinajstić information content (AvgIpc) is 3.25. The molecule has 0 unspecified atom stereocenters. The number of carbonyl (C=O) groups is 1. The molecule has 5 rings (SSSR count). The molecular formula is C23H15ClN2OS3. The second-order valence-corrected chi connectivity index (χ2v) is 10.2. The van der Waals surface area contributed by atoms with Gasteiger partial charge in [-0.15, -0.1) is 11.3 Å². The Labute approximate surface area is 192 Å². The molecule has 0 fully saturated rings. The quantitative estimate of drug-likeness (QED) is 0.293. The number of amides is 1. The summed E-state index contributed by atoms with van der Waals surface area (Å²) in [5.74, 6) is 0.365. The molecule has 0 radical (unpaired) electrons. The van der Waals surface area contributed by atoms with E-state index in [1.165, 1.54) is 11.8 Å². The van der Waals surface area contributed by atoms with E-state index in [0.717, 1.165) is 36.8 Å². The number of para-hydroxylation sites is 2. The van der Waals surface area contributed by atoms with Gasteiger partial charge in [0, 0.05) is 25.8 Å². The normalized spacial score (nSPS) is 12.4. The lowest BCUT2D eigenvalue weighted by atomic mass is 10.2. The van der Waals surface area contributed by atoms with Crippen molar-refractivity contribution in [2.24, 2.45) is 0 Å². The minimum absolute atomic E-state index is 0.0449. The number of aromatic nitrogens is 1. The second kappa shape index (κ2) is 8.47. The first-order valence-corrected chi connectivity index (χ1v) is 12.3. The van der Waals surface area contributed by atoms with Crippen LogP contribution in [0.25, 0.3) is 11.3 Å². The Morgan fingerprint density at radius 3 is 2.23 bits per heavy atom. The zero-order chi connectivity index (χ0) is 20.5. The molecule has 0 spiro atoms. The van der Waals surface area contributed by atoms with Crippen LogP contribution < -0.4 is 4.90 Å². The van der Waals surface area contributed by atoms with E-state index in [-0.39, 0.29) is 5.91 Å². The molecule has 1 aliphatic heterocycles. The molecule has 30 heavy (non-hydrogen) atoms. The molecule has 1 aliphatic rings. The molecule has 0 N–H and O–H groups in total. The van der Waals surface area contributed by atoms with Crippen LogP contribution >= 0.6 is 46.5 Å². The van der Waals surface area contributed by atoms with E-state index in [2.05, 4.69) is 17.1 Å². The molecule has 148 valence electrons. The van der Waals surface area contributed by atoms with Crippen molar-refractivity contribution in [2.45, 2.75) is 14.1 Å². The summed E-state index contributed by atoms with van der Waals surface area (Å²) in [4.78, 5) is 22.0. The maximum absolute atomic E-state index is 13.3. The van der Waals surface area contributed by atoms with Crippen molar-refractivity contribution in [1.29, 1.82) is 0 Å². The van der Waals surface area contributed by atoms with Crippen LogP contribution in [-0.4, -0.2) is 16.6 Å². The lowest BCUT2D eigenvalue weighted by Gasteiger charge is -2.30. The first kappa shape index (κ1) is 19.7. The number of thioether (sulfide) groups is 1. The lowest BCUT2D eigenvalue weighted by molar-refractivity contribution is -0.115. The number of halogens is 1. The van der Waals surface area contributed by atoms with Crippen LogP contribution in [0.2, 0.25) is 5.02 Å². The Hall–Kier alpha value is -2.25. The standard InChI is InChI=1S/C23H15ClN2OS3/c24-16-11-9-15(10-12-16)17-13-28-23(25-17)29-14-22(27)26-18-5-1-3-7-20(18)30-21-8-4-2-6-19(21)26/h1-13H,14H2. The highest BCUT2D eigenvalue weighted by Gasteiger charge is 2.27. The van der Waals surface area contributed by atoms with E-state index in [0.29, 0.717) is 10.8 Å². The first-order valence-electron chi connectivity index (χ1n) is 9.22. The van der Waals surface area contributed by atoms with Gasteiger partial charge >= 0.3 is 0 Å². The second-order valence-electron chi connectivity index (χ2n) is 6.56. The van der Waals surface area contributed by atoms with Crippen LogP contribution in [0.3, 0.4) is 0 Å². The van der Waals surface area contributed by atoms with Gasteiger partial charge in [0.2, 0.25) is 5.91 Å². The molecule has 0 atom stereocenters. The SMILES string of the molecule is O=C(CSc1nc(-c2ccc(Cl)cc2)cs1)N1c2ccccc2Sc2ccccc21. The third kappa shape index (κ3) is 3.88. The average molecular weight is 467 g/mol. The molecule has 0 aliphatic carbocycles. The predicted octanol–water partition coefficient (Wildman–Crippen LogP) is 7.39. The van der Waals surface area contributed by atoms with Crippen molar-refractivity contribution >= 4 is 63.7 Å². The summed E-state index contributed by atoms with van der Waals surface area (Å²) in [6, 6.07) is 23.7. The Balaban J connectivity index is 1.36. The van der Waals surface area contributed by atoms with Crippen LogP contribution in [0.1, 0.15) is 0 Å². The van der Waals surface area contributed by atoms with Gasteiger partial charge in [0.25, 0.3) is 0 Å². The van der Waals surface area contributed by atoms with Gasteiger partial charge in [0.15, 0.2) is 4.34 Å². The number of anilines is 2. The Morgan fingerprint density at radius 1 is 0.933 bits per heavy atom. The Morgan fingerprint density at radius 2 is 1.57 bits per heavy atom. The molecule has 0 saturated heterocycles. The minimum atomic E-state index is 0.0449. The summed E-state index contributed by atoms with van der Waals surface area (Å²) < 4.78 is 0.876. The fraction of sp³-hybridized carbons (Fsp3) is 0.0435. The van der Waals surface area contributed by atoms with Crippen molar-refractivity contribution < 1.29 is 4.79 Å². The molecule has 4 aromatic rings. The third-order valence-electron chi connectivity index (χ3n) is 4.62. The van der Waals surface area contributed by atoms with E-state index >= 15 is 0 Å². The monoisotopic (exact) mass is 466 g/mol. The number of carbonyl (C=O) groups excluding carboxylic acids is 1. The number of rotatable bonds is 4. The zero-order valence-electron chi connectivity index (χ0n) is 15.6. The summed E-state index contributed by atoms with van der Waals surface area (Å²) in [7, 11) is 0. The van der Waals surface area contributed by atoms with Crippen molar-refractivity contribution in [1.82, 2.24) is 4.98 Å². The number of hydrogen-bond donors (Lipinski definition) is 0. The fourth-order valence-corrected chi connectivity index (χ4v) is 6.11. The van der Waals surface area contributed by atoms with E-state index < -0.39 is 0 Å². The highest BCUT2D eigenvalue weighted by Crippen LogP contribution is 2.48. The molecule has 0 bridgehead atoms. The molecule has 2 heterocycles. The molecule has 3 nitrogen and oxygen atoms in total. The van der Waals surface area contributed by atoms with Gasteiger partial charge < -0.3 is 0 Å². The van der Waals surface area contributed by atoms with Crippen molar-refractivity contribution in [3.8, 4) is 11.3 Å². The molecule has 1 aromatic heterocycles. The van der Waals surface area contributed by atoms with Crippen LogP contribution in [0.5, 0.6) is 0 Å². The van der Waals surface area contributed by atoms with Gasteiger partial charge in [-0.05, 0) is 36.4 Å². The van der Waals surface area contributed by atoms with Gasteiger partial charge in [-0.3, -0.25) is 9.69 Å².